The lowest BCUT2D eigenvalue weighted by Crippen LogP contribution is -2.15. The summed E-state index contributed by atoms with van der Waals surface area (Å²) in [5.41, 5.74) is 1.55. The van der Waals surface area contributed by atoms with Crippen molar-refractivity contribution in [1.82, 2.24) is 0 Å². The Morgan fingerprint density at radius 1 is 0.917 bits per heavy atom. The van der Waals surface area contributed by atoms with E-state index in [0.29, 0.717) is 5.69 Å². The number of esters is 1. The second-order valence-electron chi connectivity index (χ2n) is 5.04. The van der Waals surface area contributed by atoms with Crippen molar-refractivity contribution in [2.45, 2.75) is 6.61 Å². The SMILES string of the molecule is O=C(Nc1ccccc1C(=O)OCc1ccccc1)c1ccco1. The molecule has 120 valence electrons. The van der Waals surface area contributed by atoms with Crippen LogP contribution in [-0.2, 0) is 11.3 Å². The molecule has 1 heterocycles. The maximum atomic E-state index is 12.3. The van der Waals surface area contributed by atoms with Crippen molar-refractivity contribution in [2.75, 3.05) is 5.32 Å². The number of rotatable bonds is 5. The Kier molecular flexibility index (Phi) is 4.72. The smallest absolute Gasteiger partial charge is 0.340 e. The van der Waals surface area contributed by atoms with E-state index in [9.17, 15) is 9.59 Å². The summed E-state index contributed by atoms with van der Waals surface area (Å²) in [6, 6.07) is 19.2. The Hall–Kier alpha value is -3.34. The highest BCUT2D eigenvalue weighted by Gasteiger charge is 2.16. The van der Waals surface area contributed by atoms with E-state index in [-0.39, 0.29) is 17.9 Å². The summed E-state index contributed by atoms with van der Waals surface area (Å²) in [5, 5.41) is 2.66. The average molecular weight is 321 g/mol. The minimum absolute atomic E-state index is 0.167. The van der Waals surface area contributed by atoms with Crippen LogP contribution in [0.15, 0.2) is 77.4 Å². The topological polar surface area (TPSA) is 68.5 Å². The van der Waals surface area contributed by atoms with Gasteiger partial charge in [-0.05, 0) is 29.8 Å². The lowest BCUT2D eigenvalue weighted by atomic mass is 10.1. The quantitative estimate of drug-likeness (QED) is 0.724. The number of carbonyl (C=O) groups is 2. The molecule has 0 spiro atoms. The highest BCUT2D eigenvalue weighted by molar-refractivity contribution is 6.06. The first-order chi connectivity index (χ1) is 11.7. The van der Waals surface area contributed by atoms with Crippen LogP contribution in [0.3, 0.4) is 0 Å². The third-order valence-electron chi connectivity index (χ3n) is 3.35. The molecule has 5 nitrogen and oxygen atoms in total. The molecule has 3 rings (SSSR count). The Bertz CT molecular complexity index is 826. The number of hydrogen-bond acceptors (Lipinski definition) is 4. The number of para-hydroxylation sites is 1. The molecule has 0 saturated carbocycles. The number of ether oxygens (including phenoxy) is 1. The molecule has 0 aliphatic heterocycles. The first kappa shape index (κ1) is 15.6. The zero-order chi connectivity index (χ0) is 16.8. The predicted octanol–water partition coefficient (Wildman–Crippen LogP) is 3.89. The van der Waals surface area contributed by atoms with E-state index in [1.54, 1.807) is 36.4 Å². The molecule has 24 heavy (non-hydrogen) atoms. The van der Waals surface area contributed by atoms with E-state index in [1.165, 1.54) is 6.26 Å². The molecule has 5 heteroatoms. The van der Waals surface area contributed by atoms with Gasteiger partial charge >= 0.3 is 5.97 Å². The van der Waals surface area contributed by atoms with Crippen LogP contribution in [0.4, 0.5) is 5.69 Å². The summed E-state index contributed by atoms with van der Waals surface area (Å²) < 4.78 is 10.4. The summed E-state index contributed by atoms with van der Waals surface area (Å²) in [7, 11) is 0. The van der Waals surface area contributed by atoms with Crippen molar-refractivity contribution >= 4 is 17.6 Å². The molecule has 0 saturated heterocycles. The van der Waals surface area contributed by atoms with Crippen LogP contribution in [0.5, 0.6) is 0 Å². The fourth-order valence-corrected chi connectivity index (χ4v) is 2.16. The van der Waals surface area contributed by atoms with Gasteiger partial charge in [0.1, 0.15) is 6.61 Å². The average Bonchev–Trinajstić information content (AvgIpc) is 3.16. The van der Waals surface area contributed by atoms with E-state index in [2.05, 4.69) is 5.32 Å². The summed E-state index contributed by atoms with van der Waals surface area (Å²) in [6.07, 6.45) is 1.41. The third-order valence-corrected chi connectivity index (χ3v) is 3.35. The first-order valence-electron chi connectivity index (χ1n) is 7.39. The van der Waals surface area contributed by atoms with Crippen molar-refractivity contribution in [3.8, 4) is 0 Å². The molecule has 0 fully saturated rings. The van der Waals surface area contributed by atoms with E-state index in [0.717, 1.165) is 5.56 Å². The summed E-state index contributed by atoms with van der Waals surface area (Å²) in [6.45, 7) is 0.167. The standard InChI is InChI=1S/C19H15NO4/c21-18(17-11-6-12-23-17)20-16-10-5-4-9-15(16)19(22)24-13-14-7-2-1-3-8-14/h1-12H,13H2,(H,20,21). The number of anilines is 1. The Labute approximate surface area is 138 Å². The second kappa shape index (κ2) is 7.28. The molecule has 0 aliphatic rings. The second-order valence-corrected chi connectivity index (χ2v) is 5.04. The Morgan fingerprint density at radius 3 is 2.42 bits per heavy atom. The minimum atomic E-state index is -0.505. The van der Waals surface area contributed by atoms with E-state index >= 15 is 0 Å². The Balaban J connectivity index is 1.71. The van der Waals surface area contributed by atoms with E-state index in [4.69, 9.17) is 9.15 Å². The zero-order valence-corrected chi connectivity index (χ0v) is 12.8. The molecule has 2 aromatic carbocycles. The molecule has 3 aromatic rings. The van der Waals surface area contributed by atoms with Crippen LogP contribution in [0.25, 0.3) is 0 Å². The fraction of sp³-hybridized carbons (Fsp3) is 0.0526. The van der Waals surface area contributed by atoms with Crippen LogP contribution in [-0.4, -0.2) is 11.9 Å². The molecule has 0 unspecified atom stereocenters. The van der Waals surface area contributed by atoms with Gasteiger partial charge in [0.05, 0.1) is 17.5 Å². The number of carbonyl (C=O) groups excluding carboxylic acids is 2. The largest absolute Gasteiger partial charge is 0.459 e. The maximum absolute atomic E-state index is 12.3. The fourth-order valence-electron chi connectivity index (χ4n) is 2.16. The molecule has 1 amide bonds. The lowest BCUT2D eigenvalue weighted by Gasteiger charge is -2.10. The van der Waals surface area contributed by atoms with Crippen LogP contribution >= 0.6 is 0 Å². The number of benzene rings is 2. The van der Waals surface area contributed by atoms with Gasteiger partial charge in [-0.1, -0.05) is 42.5 Å². The number of amides is 1. The molecule has 0 bridgehead atoms. The van der Waals surface area contributed by atoms with Crippen LogP contribution in [0, 0.1) is 0 Å². The van der Waals surface area contributed by atoms with Gasteiger partial charge < -0.3 is 14.5 Å². The monoisotopic (exact) mass is 321 g/mol. The Morgan fingerprint density at radius 2 is 1.67 bits per heavy atom. The summed E-state index contributed by atoms with van der Waals surface area (Å²) in [4.78, 5) is 24.4. The first-order valence-corrected chi connectivity index (χ1v) is 7.39. The highest BCUT2D eigenvalue weighted by Crippen LogP contribution is 2.18. The molecular weight excluding hydrogens is 306 g/mol. The van der Waals surface area contributed by atoms with Crippen LogP contribution in [0.1, 0.15) is 26.5 Å². The molecule has 0 atom stereocenters. The van der Waals surface area contributed by atoms with E-state index in [1.807, 2.05) is 30.3 Å². The molecule has 0 aliphatic carbocycles. The molecule has 1 N–H and O–H groups in total. The van der Waals surface area contributed by atoms with Crippen molar-refractivity contribution in [3.63, 3.8) is 0 Å². The number of hydrogen-bond donors (Lipinski definition) is 1. The van der Waals surface area contributed by atoms with Crippen molar-refractivity contribution in [1.29, 1.82) is 0 Å². The van der Waals surface area contributed by atoms with Crippen LogP contribution in [0.2, 0.25) is 0 Å². The van der Waals surface area contributed by atoms with Gasteiger partial charge in [-0.3, -0.25) is 4.79 Å². The maximum Gasteiger partial charge on any atom is 0.340 e. The summed E-state index contributed by atoms with van der Waals surface area (Å²) >= 11 is 0. The van der Waals surface area contributed by atoms with Gasteiger partial charge in [0.25, 0.3) is 5.91 Å². The highest BCUT2D eigenvalue weighted by atomic mass is 16.5. The number of nitrogens with one attached hydrogen (secondary N) is 1. The third kappa shape index (κ3) is 3.70. The van der Waals surface area contributed by atoms with Crippen LogP contribution < -0.4 is 5.32 Å². The van der Waals surface area contributed by atoms with Gasteiger partial charge in [-0.15, -0.1) is 0 Å². The van der Waals surface area contributed by atoms with Crippen molar-refractivity contribution in [3.05, 3.63) is 89.9 Å². The summed E-state index contributed by atoms with van der Waals surface area (Å²) in [5.74, 6) is -0.764. The van der Waals surface area contributed by atoms with Gasteiger partial charge in [0.15, 0.2) is 5.76 Å². The minimum Gasteiger partial charge on any atom is -0.459 e. The van der Waals surface area contributed by atoms with Gasteiger partial charge in [0.2, 0.25) is 0 Å². The van der Waals surface area contributed by atoms with Crippen molar-refractivity contribution in [2.24, 2.45) is 0 Å². The molecule has 1 aromatic heterocycles. The van der Waals surface area contributed by atoms with Gasteiger partial charge in [0, 0.05) is 0 Å². The van der Waals surface area contributed by atoms with Gasteiger partial charge in [-0.2, -0.15) is 0 Å². The molecule has 0 radical (unpaired) electrons. The van der Waals surface area contributed by atoms with Gasteiger partial charge in [-0.25, -0.2) is 4.79 Å². The molecular formula is C19H15NO4. The van der Waals surface area contributed by atoms with Crippen molar-refractivity contribution < 1.29 is 18.7 Å². The predicted molar refractivity (Wildman–Crippen MR) is 88.7 cm³/mol. The normalized spacial score (nSPS) is 10.2. The zero-order valence-electron chi connectivity index (χ0n) is 12.8. The van der Waals surface area contributed by atoms with E-state index < -0.39 is 11.9 Å². The number of furan rings is 1. The lowest BCUT2D eigenvalue weighted by molar-refractivity contribution is 0.0474.